The molecule has 1 aliphatic heterocycles. The number of hydrogen-bond donors (Lipinski definition) is 1. The van der Waals surface area contributed by atoms with Gasteiger partial charge in [0.1, 0.15) is 0 Å². The summed E-state index contributed by atoms with van der Waals surface area (Å²) >= 11 is 0. The monoisotopic (exact) mass is 407 g/mol. The maximum absolute atomic E-state index is 12.1. The summed E-state index contributed by atoms with van der Waals surface area (Å²) in [6.45, 7) is 5.57. The molecule has 1 aliphatic rings. The summed E-state index contributed by atoms with van der Waals surface area (Å²) in [4.78, 5) is 27.6. The van der Waals surface area contributed by atoms with Gasteiger partial charge >= 0.3 is 0 Å². The topological polar surface area (TPSA) is 52.7 Å². The van der Waals surface area contributed by atoms with E-state index in [2.05, 4.69) is 65.7 Å². The molecule has 0 atom stereocenters. The van der Waals surface area contributed by atoms with Crippen molar-refractivity contribution in [3.63, 3.8) is 0 Å². The highest BCUT2D eigenvalue weighted by molar-refractivity contribution is 5.78. The molecule has 5 nitrogen and oxygen atoms in total. The number of piperazine rings is 1. The Morgan fingerprint density at radius 2 is 1.77 bits per heavy atom. The predicted molar refractivity (Wildman–Crippen MR) is 120 cm³/mol. The van der Waals surface area contributed by atoms with Crippen molar-refractivity contribution in [3.8, 4) is 0 Å². The van der Waals surface area contributed by atoms with E-state index in [4.69, 9.17) is 0 Å². The molecule has 0 saturated carbocycles. The Hall–Kier alpha value is -2.66. The third kappa shape index (κ3) is 6.70. The van der Waals surface area contributed by atoms with Crippen LogP contribution < -0.4 is 5.32 Å². The second-order valence-corrected chi connectivity index (χ2v) is 8.21. The molecule has 1 saturated heterocycles. The molecule has 2 amide bonds. The number of rotatable bonds is 9. The highest BCUT2D eigenvalue weighted by Crippen LogP contribution is 2.15. The average molecular weight is 408 g/mol. The minimum atomic E-state index is 0.0895. The molecule has 0 bridgehead atoms. The number of carbonyl (C=O) groups excluding carboxylic acids is 2. The molecule has 2 aromatic carbocycles. The molecule has 0 spiro atoms. The highest BCUT2D eigenvalue weighted by atomic mass is 16.2. The summed E-state index contributed by atoms with van der Waals surface area (Å²) in [5.74, 6) is 0.240. The van der Waals surface area contributed by atoms with Gasteiger partial charge in [-0.05, 0) is 48.4 Å². The number of amides is 2. The van der Waals surface area contributed by atoms with Gasteiger partial charge in [-0.15, -0.1) is 0 Å². The molecule has 30 heavy (non-hydrogen) atoms. The summed E-state index contributed by atoms with van der Waals surface area (Å²) in [5, 5.41) is 2.98. The number of benzene rings is 2. The number of aryl methyl sites for hydroxylation is 2. The normalized spacial score (nSPS) is 14.7. The maximum Gasteiger partial charge on any atom is 0.236 e. The van der Waals surface area contributed by atoms with Crippen LogP contribution in [0.3, 0.4) is 0 Å². The van der Waals surface area contributed by atoms with Crippen LogP contribution >= 0.6 is 0 Å². The molecule has 1 N–H and O–H groups in total. The fourth-order valence-corrected chi connectivity index (χ4v) is 3.75. The summed E-state index contributed by atoms with van der Waals surface area (Å²) in [6, 6.07) is 17.2. The molecular formula is C25H33N3O2. The van der Waals surface area contributed by atoms with Crippen LogP contribution in [-0.4, -0.2) is 61.4 Å². The van der Waals surface area contributed by atoms with Gasteiger partial charge in [0.15, 0.2) is 0 Å². The third-order valence-electron chi connectivity index (χ3n) is 5.83. The largest absolute Gasteiger partial charge is 0.355 e. The van der Waals surface area contributed by atoms with Crippen molar-refractivity contribution in [3.05, 3.63) is 70.8 Å². The van der Waals surface area contributed by atoms with Gasteiger partial charge in [0.05, 0.1) is 6.54 Å². The average Bonchev–Trinajstić information content (AvgIpc) is 2.73. The zero-order valence-electron chi connectivity index (χ0n) is 18.2. The third-order valence-corrected chi connectivity index (χ3v) is 5.83. The Labute approximate surface area is 180 Å². The van der Waals surface area contributed by atoms with Gasteiger partial charge in [0.25, 0.3) is 0 Å². The molecule has 3 rings (SSSR count). The van der Waals surface area contributed by atoms with Crippen molar-refractivity contribution in [2.24, 2.45) is 0 Å². The first-order valence-electron chi connectivity index (χ1n) is 10.9. The van der Waals surface area contributed by atoms with Gasteiger partial charge < -0.3 is 10.2 Å². The van der Waals surface area contributed by atoms with Gasteiger partial charge in [0.2, 0.25) is 11.8 Å². The molecule has 0 radical (unpaired) electrons. The fourth-order valence-electron chi connectivity index (χ4n) is 3.75. The standard InChI is InChI=1S/C25H33N3O2/c1-20-6-3-4-8-23(20)18-22-12-10-21(11-13-22)7-5-9-24(29)26-14-15-28-17-16-27(2)25(30)19-28/h3-4,6,8,10-13H,5,7,9,14-19H2,1-2H3,(H,26,29). The lowest BCUT2D eigenvalue weighted by Crippen LogP contribution is -2.50. The van der Waals surface area contributed by atoms with Crippen LogP contribution in [0, 0.1) is 6.92 Å². The molecule has 160 valence electrons. The van der Waals surface area contributed by atoms with E-state index in [1.165, 1.54) is 22.3 Å². The minimum Gasteiger partial charge on any atom is -0.355 e. The van der Waals surface area contributed by atoms with E-state index in [1.54, 1.807) is 4.90 Å². The first-order chi connectivity index (χ1) is 14.5. The Kier molecular flexibility index (Phi) is 8.03. The molecule has 5 heteroatoms. The number of likely N-dealkylation sites (N-methyl/N-ethyl adjacent to an activating group) is 1. The predicted octanol–water partition coefficient (Wildman–Crippen LogP) is 2.80. The van der Waals surface area contributed by atoms with Crippen LogP contribution in [-0.2, 0) is 22.4 Å². The van der Waals surface area contributed by atoms with Crippen molar-refractivity contribution in [2.75, 3.05) is 39.8 Å². The first kappa shape index (κ1) is 22.0. The number of nitrogens with one attached hydrogen (secondary N) is 1. The van der Waals surface area contributed by atoms with Crippen LogP contribution in [0.5, 0.6) is 0 Å². The summed E-state index contributed by atoms with van der Waals surface area (Å²) in [7, 11) is 1.83. The minimum absolute atomic E-state index is 0.0895. The van der Waals surface area contributed by atoms with Crippen LogP contribution in [0.2, 0.25) is 0 Å². The van der Waals surface area contributed by atoms with Gasteiger partial charge in [0, 0.05) is 39.6 Å². The molecule has 0 unspecified atom stereocenters. The van der Waals surface area contributed by atoms with Crippen molar-refractivity contribution in [1.82, 2.24) is 15.1 Å². The van der Waals surface area contributed by atoms with E-state index >= 15 is 0 Å². The van der Waals surface area contributed by atoms with Crippen molar-refractivity contribution in [1.29, 1.82) is 0 Å². The summed E-state index contributed by atoms with van der Waals surface area (Å²) in [5.41, 5.74) is 5.27. The quantitative estimate of drug-likeness (QED) is 0.695. The first-order valence-corrected chi connectivity index (χ1v) is 10.9. The van der Waals surface area contributed by atoms with E-state index in [1.807, 2.05) is 7.05 Å². The van der Waals surface area contributed by atoms with E-state index < -0.39 is 0 Å². The number of nitrogens with zero attached hydrogens (tertiary/aromatic N) is 2. The second kappa shape index (κ2) is 10.9. The summed E-state index contributed by atoms with van der Waals surface area (Å²) < 4.78 is 0. The zero-order chi connectivity index (χ0) is 21.3. The van der Waals surface area contributed by atoms with E-state index in [9.17, 15) is 9.59 Å². The van der Waals surface area contributed by atoms with Gasteiger partial charge in [-0.1, -0.05) is 48.5 Å². The lowest BCUT2D eigenvalue weighted by molar-refractivity contribution is -0.134. The van der Waals surface area contributed by atoms with E-state index in [0.717, 1.165) is 38.9 Å². The summed E-state index contributed by atoms with van der Waals surface area (Å²) in [6.07, 6.45) is 3.24. The fraction of sp³-hybridized carbons (Fsp3) is 0.440. The SMILES string of the molecule is Cc1ccccc1Cc1ccc(CCCC(=O)NCCN2CCN(C)C(=O)C2)cc1. The lowest BCUT2D eigenvalue weighted by atomic mass is 9.99. The zero-order valence-corrected chi connectivity index (χ0v) is 18.2. The van der Waals surface area contributed by atoms with Crippen LogP contribution in [0.15, 0.2) is 48.5 Å². The maximum atomic E-state index is 12.1. The second-order valence-electron chi connectivity index (χ2n) is 8.21. The van der Waals surface area contributed by atoms with Crippen LogP contribution in [0.4, 0.5) is 0 Å². The van der Waals surface area contributed by atoms with Crippen LogP contribution in [0.1, 0.15) is 35.1 Å². The Balaban J connectivity index is 1.32. The Morgan fingerprint density at radius 1 is 1.03 bits per heavy atom. The lowest BCUT2D eigenvalue weighted by Gasteiger charge is -2.31. The molecule has 1 heterocycles. The van der Waals surface area contributed by atoms with Gasteiger partial charge in [-0.25, -0.2) is 0 Å². The Bertz CT molecular complexity index is 848. The van der Waals surface area contributed by atoms with Crippen molar-refractivity contribution in [2.45, 2.75) is 32.6 Å². The molecule has 1 fully saturated rings. The molecule has 0 aromatic heterocycles. The number of carbonyl (C=O) groups is 2. The molecular weight excluding hydrogens is 374 g/mol. The van der Waals surface area contributed by atoms with Gasteiger partial charge in [-0.2, -0.15) is 0 Å². The van der Waals surface area contributed by atoms with Crippen molar-refractivity contribution >= 4 is 11.8 Å². The van der Waals surface area contributed by atoms with Crippen molar-refractivity contribution < 1.29 is 9.59 Å². The number of hydrogen-bond acceptors (Lipinski definition) is 3. The smallest absolute Gasteiger partial charge is 0.236 e. The van der Waals surface area contributed by atoms with E-state index in [0.29, 0.717) is 19.5 Å². The molecule has 2 aromatic rings. The van der Waals surface area contributed by atoms with E-state index in [-0.39, 0.29) is 11.8 Å². The Morgan fingerprint density at radius 3 is 2.50 bits per heavy atom. The highest BCUT2D eigenvalue weighted by Gasteiger charge is 2.20. The van der Waals surface area contributed by atoms with Gasteiger partial charge in [-0.3, -0.25) is 14.5 Å². The molecule has 0 aliphatic carbocycles. The van der Waals surface area contributed by atoms with Crippen LogP contribution in [0.25, 0.3) is 0 Å².